The van der Waals surface area contributed by atoms with Gasteiger partial charge in [0, 0.05) is 17.0 Å². The van der Waals surface area contributed by atoms with E-state index in [-0.39, 0.29) is 11.8 Å². The molecule has 0 saturated carbocycles. The summed E-state index contributed by atoms with van der Waals surface area (Å²) in [7, 11) is 3.21. The van der Waals surface area contributed by atoms with Crippen LogP contribution in [0.5, 0.6) is 11.5 Å². The number of aliphatic hydroxyl groups excluding tert-OH is 1. The fourth-order valence-electron chi connectivity index (χ4n) is 3.56. The molecule has 1 aliphatic heterocycles. The Morgan fingerprint density at radius 3 is 2.69 bits per heavy atom. The minimum absolute atomic E-state index is 0.221. The Hall–Kier alpha value is -2.54. The number of hydrogen-bond acceptors (Lipinski definition) is 6. The monoisotopic (exact) mass is 415 g/mol. The highest BCUT2D eigenvalue weighted by molar-refractivity contribution is 7.11. The number of thiazole rings is 1. The van der Waals surface area contributed by atoms with Gasteiger partial charge in [0.2, 0.25) is 0 Å². The van der Waals surface area contributed by atoms with Crippen molar-refractivity contribution in [3.63, 3.8) is 0 Å². The normalized spacial score (nSPS) is 15.2. The predicted molar refractivity (Wildman–Crippen MR) is 118 cm³/mol. The zero-order chi connectivity index (χ0) is 21.0. The molecule has 29 heavy (non-hydrogen) atoms. The van der Waals surface area contributed by atoms with Crippen LogP contribution in [-0.4, -0.2) is 47.6 Å². The number of amidine groups is 1. The predicted octanol–water partition coefficient (Wildman–Crippen LogP) is 5.36. The van der Waals surface area contributed by atoms with Crippen LogP contribution in [0.1, 0.15) is 44.5 Å². The Morgan fingerprint density at radius 1 is 1.24 bits per heavy atom. The number of nitrogens with zero attached hydrogens (tertiary/aromatic N) is 2. The van der Waals surface area contributed by atoms with Crippen LogP contribution in [0.15, 0.2) is 29.3 Å². The van der Waals surface area contributed by atoms with Crippen molar-refractivity contribution in [2.75, 3.05) is 20.8 Å². The Labute approximate surface area is 176 Å². The highest BCUT2D eigenvalue weighted by Crippen LogP contribution is 2.36. The van der Waals surface area contributed by atoms with Gasteiger partial charge in [0.1, 0.15) is 16.6 Å². The van der Waals surface area contributed by atoms with Crippen molar-refractivity contribution in [3.8, 4) is 22.8 Å². The molecule has 2 N–H and O–H groups in total. The first-order chi connectivity index (χ1) is 14.0. The molecule has 0 bridgehead atoms. The lowest BCUT2D eigenvalue weighted by atomic mass is 10.1. The summed E-state index contributed by atoms with van der Waals surface area (Å²) in [5.41, 5.74) is 2.23. The number of ether oxygens (including phenoxy) is 2. The largest absolute Gasteiger partial charge is 0.510 e. The van der Waals surface area contributed by atoms with Crippen LogP contribution in [0.2, 0.25) is 0 Å². The zero-order valence-electron chi connectivity index (χ0n) is 17.5. The Bertz CT molecular complexity index is 906. The van der Waals surface area contributed by atoms with Crippen molar-refractivity contribution in [1.29, 1.82) is 5.41 Å². The molecule has 0 aliphatic carbocycles. The smallest absolute Gasteiger partial charge is 0.161 e. The van der Waals surface area contributed by atoms with Crippen LogP contribution in [-0.2, 0) is 0 Å². The van der Waals surface area contributed by atoms with Gasteiger partial charge in [0.15, 0.2) is 11.5 Å². The first-order valence-electron chi connectivity index (χ1n) is 9.96. The van der Waals surface area contributed by atoms with Gasteiger partial charge in [-0.2, -0.15) is 0 Å². The quantitative estimate of drug-likeness (QED) is 0.539. The fraction of sp³-hybridized carbons (Fsp3) is 0.455. The molecular formula is C22H29N3O3S. The van der Waals surface area contributed by atoms with Gasteiger partial charge in [0.05, 0.1) is 32.0 Å². The van der Waals surface area contributed by atoms with E-state index in [0.717, 1.165) is 24.1 Å². The number of nitrogens with one attached hydrogen (secondary N) is 1. The fourth-order valence-corrected chi connectivity index (χ4v) is 4.46. The molecule has 2 aromatic rings. The summed E-state index contributed by atoms with van der Waals surface area (Å²) in [6, 6.07) is 5.88. The Balaban J connectivity index is 1.79. The second-order valence-electron chi connectivity index (χ2n) is 7.25. The summed E-state index contributed by atoms with van der Waals surface area (Å²) >= 11 is 1.44. The molecule has 2 heterocycles. The molecule has 7 heteroatoms. The summed E-state index contributed by atoms with van der Waals surface area (Å²) in [5, 5.41) is 21.8. The maximum Gasteiger partial charge on any atom is 0.161 e. The lowest BCUT2D eigenvalue weighted by Gasteiger charge is -2.26. The summed E-state index contributed by atoms with van der Waals surface area (Å²) in [4.78, 5) is 6.67. The third-order valence-electron chi connectivity index (χ3n) is 5.29. The number of unbranched alkanes of at least 4 members (excludes halogenated alkanes) is 2. The number of rotatable bonds is 9. The Kier molecular flexibility index (Phi) is 6.79. The minimum Gasteiger partial charge on any atom is -0.510 e. The maximum atomic E-state index is 10.6. The molecule has 6 nitrogen and oxygen atoms in total. The van der Waals surface area contributed by atoms with Gasteiger partial charge in [-0.3, -0.25) is 5.41 Å². The van der Waals surface area contributed by atoms with E-state index < -0.39 is 0 Å². The van der Waals surface area contributed by atoms with E-state index in [1.165, 1.54) is 24.2 Å². The van der Waals surface area contributed by atoms with Gasteiger partial charge in [-0.15, -0.1) is 11.3 Å². The Morgan fingerprint density at radius 2 is 2.00 bits per heavy atom. The molecule has 0 radical (unpaired) electrons. The van der Waals surface area contributed by atoms with Crippen molar-refractivity contribution in [1.82, 2.24) is 9.88 Å². The molecule has 1 aromatic carbocycles. The molecule has 3 rings (SSSR count). The highest BCUT2D eigenvalue weighted by atomic mass is 32.1. The van der Waals surface area contributed by atoms with E-state index in [2.05, 4.69) is 13.8 Å². The highest BCUT2D eigenvalue weighted by Gasteiger charge is 2.32. The van der Waals surface area contributed by atoms with Gasteiger partial charge in [0.25, 0.3) is 0 Å². The molecule has 1 atom stereocenters. The second-order valence-corrected chi connectivity index (χ2v) is 8.11. The zero-order valence-corrected chi connectivity index (χ0v) is 18.3. The van der Waals surface area contributed by atoms with Gasteiger partial charge in [-0.1, -0.05) is 26.2 Å². The molecule has 0 unspecified atom stereocenters. The van der Waals surface area contributed by atoms with Crippen LogP contribution < -0.4 is 9.47 Å². The van der Waals surface area contributed by atoms with E-state index in [0.29, 0.717) is 34.5 Å². The SMILES string of the molecule is CCCCC[C@@H](C)N1CC(O)=C(c2nc(-c3ccc(OC)c(OC)c3)cs2)C1=N. The number of methoxy groups -OCH3 is 2. The van der Waals surface area contributed by atoms with E-state index in [1.54, 1.807) is 14.2 Å². The molecule has 1 aliphatic rings. The van der Waals surface area contributed by atoms with E-state index in [4.69, 9.17) is 19.9 Å². The molecule has 1 aromatic heterocycles. The summed E-state index contributed by atoms with van der Waals surface area (Å²) < 4.78 is 10.7. The third-order valence-corrected chi connectivity index (χ3v) is 6.15. The number of hydrogen-bond donors (Lipinski definition) is 2. The first-order valence-corrected chi connectivity index (χ1v) is 10.8. The molecule has 156 valence electrons. The number of aliphatic hydroxyl groups is 1. The molecule has 0 saturated heterocycles. The number of aromatic nitrogens is 1. The van der Waals surface area contributed by atoms with Crippen LogP contribution in [0.4, 0.5) is 0 Å². The van der Waals surface area contributed by atoms with Gasteiger partial charge in [-0.25, -0.2) is 4.98 Å². The van der Waals surface area contributed by atoms with Crippen LogP contribution in [0, 0.1) is 5.41 Å². The molecular weight excluding hydrogens is 386 g/mol. The standard InChI is InChI=1S/C22H29N3O3S/c1-5-6-7-8-14(2)25-12-17(26)20(21(25)23)22-24-16(13-29-22)15-9-10-18(27-3)19(11-15)28-4/h9-11,13-14,23,26H,5-8,12H2,1-4H3/t14-/m1/s1. The van der Waals surface area contributed by atoms with Gasteiger partial charge < -0.3 is 19.5 Å². The van der Waals surface area contributed by atoms with Crippen molar-refractivity contribution in [2.45, 2.75) is 45.6 Å². The average Bonchev–Trinajstić information content (AvgIpc) is 3.31. The van der Waals surface area contributed by atoms with Crippen molar-refractivity contribution >= 4 is 22.7 Å². The second kappa shape index (κ2) is 9.31. The molecule has 0 fully saturated rings. The van der Waals surface area contributed by atoms with Gasteiger partial charge in [-0.05, 0) is 31.5 Å². The molecule has 0 spiro atoms. The van der Waals surface area contributed by atoms with E-state index >= 15 is 0 Å². The summed E-state index contributed by atoms with van der Waals surface area (Å²) in [6.07, 6.45) is 4.53. The van der Waals surface area contributed by atoms with E-state index in [1.807, 2.05) is 28.5 Å². The van der Waals surface area contributed by atoms with Gasteiger partial charge >= 0.3 is 0 Å². The lowest BCUT2D eigenvalue weighted by Crippen LogP contribution is -2.35. The summed E-state index contributed by atoms with van der Waals surface area (Å²) in [6.45, 7) is 4.69. The van der Waals surface area contributed by atoms with Crippen molar-refractivity contribution < 1.29 is 14.6 Å². The topological polar surface area (TPSA) is 78.7 Å². The van der Waals surface area contributed by atoms with Crippen molar-refractivity contribution in [2.24, 2.45) is 0 Å². The first kappa shape index (κ1) is 21.2. The summed E-state index contributed by atoms with van der Waals surface area (Å²) in [5.74, 6) is 1.89. The third kappa shape index (κ3) is 4.40. The van der Waals surface area contributed by atoms with E-state index in [9.17, 15) is 5.11 Å². The molecule has 0 amide bonds. The average molecular weight is 416 g/mol. The lowest BCUT2D eigenvalue weighted by molar-refractivity contribution is 0.292. The maximum absolute atomic E-state index is 10.6. The minimum atomic E-state index is 0.221. The van der Waals surface area contributed by atoms with Crippen LogP contribution in [0.3, 0.4) is 0 Å². The number of benzene rings is 1. The van der Waals surface area contributed by atoms with Crippen LogP contribution in [0.25, 0.3) is 16.8 Å². The van der Waals surface area contributed by atoms with Crippen molar-refractivity contribution in [3.05, 3.63) is 34.3 Å². The van der Waals surface area contributed by atoms with Crippen LogP contribution >= 0.6 is 11.3 Å².